The highest BCUT2D eigenvalue weighted by Gasteiger charge is 2.36. The van der Waals surface area contributed by atoms with Gasteiger partial charge in [0.1, 0.15) is 0 Å². The summed E-state index contributed by atoms with van der Waals surface area (Å²) in [7, 11) is 0. The molecule has 3 atom stereocenters. The Kier molecular flexibility index (Phi) is 5.64. The topological polar surface area (TPSA) is 58.4 Å². The Hall–Kier alpha value is -1.60. The molecule has 1 aliphatic rings. The first-order chi connectivity index (χ1) is 10.8. The van der Waals surface area contributed by atoms with E-state index < -0.39 is 23.4 Å². The van der Waals surface area contributed by atoms with Gasteiger partial charge in [0, 0.05) is 25.0 Å². The normalized spacial score (nSPS) is 23.2. The third-order valence-corrected chi connectivity index (χ3v) is 4.26. The highest BCUT2D eigenvalue weighted by Crippen LogP contribution is 2.33. The maximum absolute atomic E-state index is 13.6. The molecule has 0 radical (unpaired) electrons. The van der Waals surface area contributed by atoms with Crippen LogP contribution in [-0.2, 0) is 4.79 Å². The molecule has 1 saturated heterocycles. The molecule has 2 rings (SSSR count). The Morgan fingerprint density at radius 2 is 2.00 bits per heavy atom. The van der Waals surface area contributed by atoms with Gasteiger partial charge >= 0.3 is 0 Å². The van der Waals surface area contributed by atoms with Gasteiger partial charge < -0.3 is 11.1 Å². The summed E-state index contributed by atoms with van der Waals surface area (Å²) >= 11 is 0. The Labute approximate surface area is 133 Å². The average molecular weight is 329 g/mol. The molecule has 1 heterocycles. The number of rotatable bonds is 6. The molecule has 0 aromatic heterocycles. The number of halogens is 3. The lowest BCUT2D eigenvalue weighted by Gasteiger charge is -2.30. The van der Waals surface area contributed by atoms with E-state index in [0.29, 0.717) is 12.1 Å². The number of benzene rings is 1. The van der Waals surface area contributed by atoms with Crippen LogP contribution < -0.4 is 11.1 Å². The van der Waals surface area contributed by atoms with Gasteiger partial charge in [-0.3, -0.25) is 9.69 Å². The van der Waals surface area contributed by atoms with Crippen molar-refractivity contribution in [2.24, 2.45) is 5.73 Å². The van der Waals surface area contributed by atoms with E-state index >= 15 is 0 Å². The van der Waals surface area contributed by atoms with Crippen molar-refractivity contribution in [3.63, 3.8) is 0 Å². The van der Waals surface area contributed by atoms with Gasteiger partial charge in [0.15, 0.2) is 17.5 Å². The molecule has 0 bridgehead atoms. The third-order valence-electron chi connectivity index (χ3n) is 4.26. The summed E-state index contributed by atoms with van der Waals surface area (Å²) in [5.74, 6) is -4.24. The van der Waals surface area contributed by atoms with Crippen LogP contribution >= 0.6 is 0 Å². The van der Waals surface area contributed by atoms with Crippen molar-refractivity contribution in [1.82, 2.24) is 10.2 Å². The molecule has 0 spiro atoms. The molecule has 23 heavy (non-hydrogen) atoms. The molecule has 3 N–H and O–H groups in total. The summed E-state index contributed by atoms with van der Waals surface area (Å²) in [4.78, 5) is 13.1. The first kappa shape index (κ1) is 17.7. The van der Waals surface area contributed by atoms with Crippen LogP contribution in [0, 0.1) is 17.5 Å². The standard InChI is InChI=1S/C16H22F3N3O/c1-3-22-5-4-13(21-9(2)6-14(20)23)16(22)10-7-11(17)15(19)12(18)8-10/h7-9,13,16,21H,3-6H2,1-2H3,(H2,20,23)/t9-,13+,16-/m1/s1. The van der Waals surface area contributed by atoms with Gasteiger partial charge in [0.2, 0.25) is 5.91 Å². The lowest BCUT2D eigenvalue weighted by atomic mass is 9.98. The summed E-state index contributed by atoms with van der Waals surface area (Å²) < 4.78 is 40.3. The third kappa shape index (κ3) is 4.03. The summed E-state index contributed by atoms with van der Waals surface area (Å²) in [5.41, 5.74) is 5.59. The van der Waals surface area contributed by atoms with E-state index in [1.54, 1.807) is 0 Å². The zero-order valence-corrected chi connectivity index (χ0v) is 13.3. The van der Waals surface area contributed by atoms with Gasteiger partial charge in [0.05, 0.1) is 6.04 Å². The summed E-state index contributed by atoms with van der Waals surface area (Å²) in [6, 6.07) is 1.58. The van der Waals surface area contributed by atoms with E-state index in [4.69, 9.17) is 5.73 Å². The lowest BCUT2D eigenvalue weighted by Crippen LogP contribution is -2.42. The monoisotopic (exact) mass is 329 g/mol. The number of likely N-dealkylation sites (N-methyl/N-ethyl adjacent to an activating group) is 1. The number of nitrogens with two attached hydrogens (primary N) is 1. The molecule has 128 valence electrons. The summed E-state index contributed by atoms with van der Waals surface area (Å²) in [6.07, 6.45) is 0.948. The molecule has 0 unspecified atom stereocenters. The molecule has 7 heteroatoms. The summed E-state index contributed by atoms with van der Waals surface area (Å²) in [5, 5.41) is 3.30. The number of carbonyl (C=O) groups excluding carboxylic acids is 1. The number of likely N-dealkylation sites (tertiary alicyclic amines) is 1. The van der Waals surface area contributed by atoms with E-state index in [-0.39, 0.29) is 24.5 Å². The van der Waals surface area contributed by atoms with Crippen LogP contribution in [0.1, 0.15) is 38.3 Å². The molecule has 1 fully saturated rings. The van der Waals surface area contributed by atoms with Gasteiger partial charge in [-0.1, -0.05) is 6.92 Å². The highest BCUT2D eigenvalue weighted by atomic mass is 19.2. The van der Waals surface area contributed by atoms with Crippen molar-refractivity contribution < 1.29 is 18.0 Å². The zero-order valence-electron chi connectivity index (χ0n) is 13.3. The predicted molar refractivity (Wildman–Crippen MR) is 81.1 cm³/mol. The van der Waals surface area contributed by atoms with Crippen LogP contribution in [0.25, 0.3) is 0 Å². The molecular formula is C16H22F3N3O. The number of hydrogen-bond acceptors (Lipinski definition) is 3. The SMILES string of the molecule is CCN1CC[C@H](N[C@H](C)CC(N)=O)[C@H]1c1cc(F)c(F)c(F)c1. The highest BCUT2D eigenvalue weighted by molar-refractivity contribution is 5.74. The minimum absolute atomic E-state index is 0.0893. The number of nitrogens with zero attached hydrogens (tertiary/aromatic N) is 1. The van der Waals surface area contributed by atoms with Crippen LogP contribution in [0.2, 0.25) is 0 Å². The number of amides is 1. The lowest BCUT2D eigenvalue weighted by molar-refractivity contribution is -0.118. The number of nitrogens with one attached hydrogen (secondary N) is 1. The minimum atomic E-state index is -1.46. The minimum Gasteiger partial charge on any atom is -0.370 e. The molecule has 1 aromatic rings. The van der Waals surface area contributed by atoms with Crippen molar-refractivity contribution in [1.29, 1.82) is 0 Å². The van der Waals surface area contributed by atoms with Crippen LogP contribution in [0.4, 0.5) is 13.2 Å². The van der Waals surface area contributed by atoms with Crippen molar-refractivity contribution >= 4 is 5.91 Å². The van der Waals surface area contributed by atoms with Gasteiger partial charge in [0.25, 0.3) is 0 Å². The predicted octanol–water partition coefficient (Wildman–Crippen LogP) is 2.09. The molecular weight excluding hydrogens is 307 g/mol. The zero-order chi connectivity index (χ0) is 17.1. The maximum Gasteiger partial charge on any atom is 0.218 e. The second-order valence-corrected chi connectivity index (χ2v) is 6.01. The first-order valence-electron chi connectivity index (χ1n) is 7.76. The second kappa shape index (κ2) is 7.31. The van der Waals surface area contributed by atoms with Crippen molar-refractivity contribution in [2.45, 2.75) is 44.8 Å². The molecule has 1 aromatic carbocycles. The summed E-state index contributed by atoms with van der Waals surface area (Å²) in [6.45, 7) is 5.25. The van der Waals surface area contributed by atoms with Crippen molar-refractivity contribution in [3.05, 3.63) is 35.1 Å². The van der Waals surface area contributed by atoms with Gasteiger partial charge in [-0.25, -0.2) is 13.2 Å². The fraction of sp³-hybridized carbons (Fsp3) is 0.562. The van der Waals surface area contributed by atoms with Crippen molar-refractivity contribution in [3.8, 4) is 0 Å². The molecule has 0 saturated carbocycles. The van der Waals surface area contributed by atoms with E-state index in [1.165, 1.54) is 0 Å². The second-order valence-electron chi connectivity index (χ2n) is 6.01. The average Bonchev–Trinajstić information content (AvgIpc) is 2.85. The van der Waals surface area contributed by atoms with Crippen LogP contribution in [0.15, 0.2) is 12.1 Å². The number of primary amides is 1. The largest absolute Gasteiger partial charge is 0.370 e. The first-order valence-corrected chi connectivity index (χ1v) is 7.76. The Morgan fingerprint density at radius 1 is 1.39 bits per heavy atom. The molecule has 0 aliphatic carbocycles. The Balaban J connectivity index is 2.25. The fourth-order valence-corrected chi connectivity index (χ4v) is 3.30. The Bertz CT molecular complexity index is 559. The van der Waals surface area contributed by atoms with E-state index in [1.807, 2.05) is 13.8 Å². The number of carbonyl (C=O) groups is 1. The maximum atomic E-state index is 13.6. The van der Waals surface area contributed by atoms with Crippen molar-refractivity contribution in [2.75, 3.05) is 13.1 Å². The number of hydrogen-bond donors (Lipinski definition) is 2. The van der Waals surface area contributed by atoms with Gasteiger partial charge in [-0.2, -0.15) is 0 Å². The van der Waals surface area contributed by atoms with Gasteiger partial charge in [-0.05, 0) is 37.6 Å². The quantitative estimate of drug-likeness (QED) is 0.786. The van der Waals surface area contributed by atoms with E-state index in [2.05, 4.69) is 10.2 Å². The fourth-order valence-electron chi connectivity index (χ4n) is 3.30. The van der Waals surface area contributed by atoms with E-state index in [0.717, 1.165) is 25.1 Å². The van der Waals surface area contributed by atoms with Crippen LogP contribution in [-0.4, -0.2) is 36.0 Å². The van der Waals surface area contributed by atoms with E-state index in [9.17, 15) is 18.0 Å². The van der Waals surface area contributed by atoms with Crippen LogP contribution in [0.3, 0.4) is 0 Å². The molecule has 1 amide bonds. The molecule has 1 aliphatic heterocycles. The smallest absolute Gasteiger partial charge is 0.218 e. The Morgan fingerprint density at radius 3 is 2.52 bits per heavy atom. The van der Waals surface area contributed by atoms with Crippen LogP contribution in [0.5, 0.6) is 0 Å². The van der Waals surface area contributed by atoms with Gasteiger partial charge in [-0.15, -0.1) is 0 Å². The molecule has 4 nitrogen and oxygen atoms in total.